The molecule has 9 nitrogen and oxygen atoms in total. The number of nitrogens with zero attached hydrogens (tertiary/aromatic N) is 3. The summed E-state index contributed by atoms with van der Waals surface area (Å²) >= 11 is 0. The van der Waals surface area contributed by atoms with Crippen molar-refractivity contribution >= 4 is 33.0 Å². The molecule has 2 aliphatic rings. The van der Waals surface area contributed by atoms with Gasteiger partial charge in [0.1, 0.15) is 11.8 Å². The molecule has 5 rings (SSSR count). The number of carbonyl (C=O) groups excluding carboxylic acids is 1. The van der Waals surface area contributed by atoms with E-state index < -0.39 is 16.1 Å². The van der Waals surface area contributed by atoms with E-state index in [9.17, 15) is 13.2 Å². The van der Waals surface area contributed by atoms with Crippen molar-refractivity contribution in [2.75, 3.05) is 41.4 Å². The Morgan fingerprint density at radius 3 is 2.45 bits per heavy atom. The smallest absolute Gasteiger partial charge is 0.264 e. The van der Waals surface area contributed by atoms with Crippen LogP contribution < -0.4 is 24.3 Å². The van der Waals surface area contributed by atoms with E-state index in [-0.39, 0.29) is 16.8 Å². The standard InChI is InChI=1S/C28H32N4O5S/c1-20-18-30(2)27-17-23(36-3)11-14-26(27)32(20)38(34,35)24-12-9-22(10-13-24)31-16-15-25(28(31)33)29-37-19-21-7-5-4-6-8-21/h4-14,17,20,25,29H,15-16,18-19H2,1-3H3. The van der Waals surface area contributed by atoms with Crippen molar-refractivity contribution in [3.05, 3.63) is 78.4 Å². The first-order valence-corrected chi connectivity index (χ1v) is 14.0. The molecule has 2 unspecified atom stereocenters. The van der Waals surface area contributed by atoms with E-state index in [1.807, 2.05) is 55.3 Å². The van der Waals surface area contributed by atoms with Crippen molar-refractivity contribution in [3.63, 3.8) is 0 Å². The van der Waals surface area contributed by atoms with Crippen molar-refractivity contribution < 1.29 is 22.8 Å². The number of hydrogen-bond acceptors (Lipinski definition) is 7. The van der Waals surface area contributed by atoms with Crippen LogP contribution in [0.15, 0.2) is 77.7 Å². The van der Waals surface area contributed by atoms with E-state index in [2.05, 4.69) is 5.48 Å². The van der Waals surface area contributed by atoms with Crippen LogP contribution in [0.4, 0.5) is 17.1 Å². The van der Waals surface area contributed by atoms with Crippen LogP contribution >= 0.6 is 0 Å². The van der Waals surface area contributed by atoms with Gasteiger partial charge in [0.25, 0.3) is 10.0 Å². The largest absolute Gasteiger partial charge is 0.497 e. The Bertz CT molecular complexity index is 1400. The van der Waals surface area contributed by atoms with Crippen LogP contribution in [0, 0.1) is 0 Å². The number of nitrogens with one attached hydrogen (secondary N) is 1. The van der Waals surface area contributed by atoms with Gasteiger partial charge in [-0.1, -0.05) is 30.3 Å². The summed E-state index contributed by atoms with van der Waals surface area (Å²) in [5.41, 5.74) is 5.93. The molecule has 0 aliphatic carbocycles. The zero-order chi connectivity index (χ0) is 26.9. The maximum Gasteiger partial charge on any atom is 0.264 e. The molecule has 10 heteroatoms. The van der Waals surface area contributed by atoms with Crippen molar-refractivity contribution in [1.29, 1.82) is 0 Å². The van der Waals surface area contributed by atoms with Crippen molar-refractivity contribution in [2.24, 2.45) is 0 Å². The molecule has 0 aromatic heterocycles. The summed E-state index contributed by atoms with van der Waals surface area (Å²) in [5.74, 6) is 0.560. The summed E-state index contributed by atoms with van der Waals surface area (Å²) in [6.07, 6.45) is 0.590. The number of hydroxylamine groups is 1. The Morgan fingerprint density at radius 1 is 1.00 bits per heavy atom. The zero-order valence-electron chi connectivity index (χ0n) is 21.7. The highest BCUT2D eigenvalue weighted by Crippen LogP contribution is 2.40. The van der Waals surface area contributed by atoms with Gasteiger partial charge in [0, 0.05) is 31.9 Å². The molecule has 1 fully saturated rings. The second-order valence-electron chi connectivity index (χ2n) is 9.60. The van der Waals surface area contributed by atoms with Crippen LogP contribution in [0.1, 0.15) is 18.9 Å². The fraction of sp³-hybridized carbons (Fsp3) is 0.321. The zero-order valence-corrected chi connectivity index (χ0v) is 22.5. The summed E-state index contributed by atoms with van der Waals surface area (Å²) in [6.45, 7) is 3.31. The van der Waals surface area contributed by atoms with Crippen LogP contribution in [0.2, 0.25) is 0 Å². The maximum atomic E-state index is 13.8. The quantitative estimate of drug-likeness (QED) is 0.440. The molecule has 0 saturated carbocycles. The first kappa shape index (κ1) is 26.0. The molecule has 2 atom stereocenters. The van der Waals surface area contributed by atoms with Crippen LogP contribution in [0.25, 0.3) is 0 Å². The molecular weight excluding hydrogens is 504 g/mol. The van der Waals surface area contributed by atoms with Gasteiger partial charge in [-0.2, -0.15) is 5.48 Å². The summed E-state index contributed by atoms with van der Waals surface area (Å²) in [6, 6.07) is 20.9. The van der Waals surface area contributed by atoms with E-state index in [4.69, 9.17) is 9.57 Å². The Balaban J connectivity index is 1.30. The summed E-state index contributed by atoms with van der Waals surface area (Å²) in [5, 5.41) is 0. The second kappa shape index (κ2) is 10.6. The minimum Gasteiger partial charge on any atom is -0.497 e. The summed E-state index contributed by atoms with van der Waals surface area (Å²) < 4.78 is 34.4. The van der Waals surface area contributed by atoms with Crippen LogP contribution in [0.5, 0.6) is 5.75 Å². The molecule has 200 valence electrons. The number of sulfonamides is 1. The number of carbonyl (C=O) groups is 1. The third-order valence-corrected chi connectivity index (χ3v) is 8.93. The van der Waals surface area contributed by atoms with Gasteiger partial charge in [0.2, 0.25) is 5.91 Å². The van der Waals surface area contributed by atoms with Gasteiger partial charge in [-0.05, 0) is 55.3 Å². The lowest BCUT2D eigenvalue weighted by molar-refractivity contribution is -0.123. The lowest BCUT2D eigenvalue weighted by atomic mass is 10.1. The Kier molecular flexibility index (Phi) is 7.29. The number of rotatable bonds is 8. The van der Waals surface area contributed by atoms with E-state index in [1.54, 1.807) is 48.4 Å². The molecule has 2 aliphatic heterocycles. The lowest BCUT2D eigenvalue weighted by Gasteiger charge is -2.41. The number of anilines is 3. The average molecular weight is 537 g/mol. The third kappa shape index (κ3) is 4.94. The minimum atomic E-state index is -3.84. The number of benzene rings is 3. The summed E-state index contributed by atoms with van der Waals surface area (Å²) in [4.78, 5) is 22.4. The first-order valence-electron chi connectivity index (χ1n) is 12.6. The first-order chi connectivity index (χ1) is 18.3. The highest BCUT2D eigenvalue weighted by molar-refractivity contribution is 7.92. The normalized spacial score (nSPS) is 19.6. The number of amides is 1. The van der Waals surface area contributed by atoms with E-state index >= 15 is 0 Å². The molecular formula is C28H32N4O5S. The van der Waals surface area contributed by atoms with Gasteiger partial charge in [-0.3, -0.25) is 13.9 Å². The highest BCUT2D eigenvalue weighted by Gasteiger charge is 2.37. The van der Waals surface area contributed by atoms with Gasteiger partial charge in [-0.15, -0.1) is 0 Å². The van der Waals surface area contributed by atoms with E-state index in [0.29, 0.717) is 43.2 Å². The van der Waals surface area contributed by atoms with Gasteiger partial charge in [0.15, 0.2) is 0 Å². The fourth-order valence-corrected chi connectivity index (χ4v) is 6.71. The topological polar surface area (TPSA) is 91.4 Å². The number of fused-ring (bicyclic) bond motifs is 1. The molecule has 0 spiro atoms. The van der Waals surface area contributed by atoms with Crippen molar-refractivity contribution in [3.8, 4) is 5.75 Å². The molecule has 1 saturated heterocycles. The Hall–Kier alpha value is -3.60. The van der Waals surface area contributed by atoms with Crippen LogP contribution in [-0.2, 0) is 26.3 Å². The SMILES string of the molecule is COc1ccc2c(c1)N(C)CC(C)N2S(=O)(=O)c1ccc(N2CCC(NOCc3ccccc3)C2=O)cc1. The molecule has 1 amide bonds. The van der Waals surface area contributed by atoms with Crippen LogP contribution in [-0.4, -0.2) is 53.7 Å². The molecule has 38 heavy (non-hydrogen) atoms. The number of ether oxygens (including phenoxy) is 1. The van der Waals surface area contributed by atoms with Gasteiger partial charge in [0.05, 0.1) is 36.0 Å². The predicted octanol–water partition coefficient (Wildman–Crippen LogP) is 3.56. The summed E-state index contributed by atoms with van der Waals surface area (Å²) in [7, 11) is -0.313. The van der Waals surface area contributed by atoms with E-state index in [1.165, 1.54) is 4.31 Å². The van der Waals surface area contributed by atoms with Gasteiger partial charge in [-0.25, -0.2) is 8.42 Å². The van der Waals surface area contributed by atoms with Crippen molar-refractivity contribution in [2.45, 2.75) is 36.9 Å². The monoisotopic (exact) mass is 536 g/mol. The lowest BCUT2D eigenvalue weighted by Crippen LogP contribution is -2.49. The molecule has 3 aromatic carbocycles. The average Bonchev–Trinajstić information content (AvgIpc) is 3.29. The Labute approximate surface area is 223 Å². The van der Waals surface area contributed by atoms with Crippen molar-refractivity contribution in [1.82, 2.24) is 5.48 Å². The molecule has 1 N–H and O–H groups in total. The predicted molar refractivity (Wildman–Crippen MR) is 147 cm³/mol. The molecule has 0 radical (unpaired) electrons. The Morgan fingerprint density at radius 2 is 1.74 bits per heavy atom. The number of hydrogen-bond donors (Lipinski definition) is 1. The number of methoxy groups -OCH3 is 1. The van der Waals surface area contributed by atoms with Gasteiger partial charge < -0.3 is 14.5 Å². The van der Waals surface area contributed by atoms with Gasteiger partial charge >= 0.3 is 0 Å². The highest BCUT2D eigenvalue weighted by atomic mass is 32.2. The molecule has 0 bridgehead atoms. The molecule has 2 heterocycles. The van der Waals surface area contributed by atoms with E-state index in [0.717, 1.165) is 11.3 Å². The molecule has 3 aromatic rings. The fourth-order valence-electron chi connectivity index (χ4n) is 5.05. The minimum absolute atomic E-state index is 0.107. The second-order valence-corrected chi connectivity index (χ2v) is 11.4. The maximum absolute atomic E-state index is 13.8. The number of likely N-dealkylation sites (N-methyl/N-ethyl adjacent to an activating group) is 1. The van der Waals surface area contributed by atoms with Crippen LogP contribution in [0.3, 0.4) is 0 Å². The third-order valence-electron chi connectivity index (χ3n) is 6.99.